The summed E-state index contributed by atoms with van der Waals surface area (Å²) in [5, 5.41) is 2.75. The molecule has 3 N–H and O–H groups in total. The molecule has 0 saturated heterocycles. The standard InChI is InChI=1S/C12H15ClN2O2/c1-7-5-9(11(14)16)3-4-10(7)15-12(17)8(2)6-13/h3-5,8H,6H2,1-2H3,(H2,14,16)(H,15,17). The molecule has 0 aliphatic heterocycles. The second kappa shape index (κ2) is 5.68. The van der Waals surface area contributed by atoms with Gasteiger partial charge < -0.3 is 11.1 Å². The SMILES string of the molecule is Cc1cc(C(N)=O)ccc1NC(=O)C(C)CCl. The first kappa shape index (κ1) is 13.5. The first-order valence-electron chi connectivity index (χ1n) is 5.23. The van der Waals surface area contributed by atoms with Crippen LogP contribution in [0.25, 0.3) is 0 Å². The summed E-state index contributed by atoms with van der Waals surface area (Å²) in [5.74, 6) is -0.619. The van der Waals surface area contributed by atoms with E-state index in [9.17, 15) is 9.59 Å². The maximum Gasteiger partial charge on any atom is 0.248 e. The number of amides is 2. The van der Waals surface area contributed by atoms with Crippen LogP contribution in [0.1, 0.15) is 22.8 Å². The van der Waals surface area contributed by atoms with Crippen LogP contribution in [0.2, 0.25) is 0 Å². The zero-order valence-electron chi connectivity index (χ0n) is 9.79. The van der Waals surface area contributed by atoms with Crippen molar-refractivity contribution in [1.29, 1.82) is 0 Å². The summed E-state index contributed by atoms with van der Waals surface area (Å²) < 4.78 is 0. The first-order chi connectivity index (χ1) is 7.95. The number of hydrogen-bond acceptors (Lipinski definition) is 2. The number of nitrogens with one attached hydrogen (secondary N) is 1. The molecular weight excluding hydrogens is 240 g/mol. The number of halogens is 1. The lowest BCUT2D eigenvalue weighted by Gasteiger charge is -2.12. The Bertz CT molecular complexity index is 446. The Labute approximate surface area is 105 Å². The molecule has 1 rings (SSSR count). The Balaban J connectivity index is 2.86. The second-order valence-electron chi connectivity index (χ2n) is 3.94. The topological polar surface area (TPSA) is 72.2 Å². The molecule has 4 nitrogen and oxygen atoms in total. The van der Waals surface area contributed by atoms with E-state index in [2.05, 4.69) is 5.32 Å². The number of aryl methyl sites for hydroxylation is 1. The summed E-state index contributed by atoms with van der Waals surface area (Å²) >= 11 is 5.60. The van der Waals surface area contributed by atoms with Gasteiger partial charge in [-0.05, 0) is 30.7 Å². The van der Waals surface area contributed by atoms with Gasteiger partial charge in [-0.2, -0.15) is 0 Å². The van der Waals surface area contributed by atoms with Crippen LogP contribution in [0.5, 0.6) is 0 Å². The Kier molecular flexibility index (Phi) is 4.52. The van der Waals surface area contributed by atoms with Gasteiger partial charge in [0.25, 0.3) is 0 Å². The molecule has 1 unspecified atom stereocenters. The molecule has 2 amide bonds. The lowest BCUT2D eigenvalue weighted by molar-refractivity contribution is -0.118. The fourth-order valence-electron chi connectivity index (χ4n) is 1.28. The van der Waals surface area contributed by atoms with Gasteiger partial charge in [0.1, 0.15) is 0 Å². The molecule has 1 aromatic rings. The van der Waals surface area contributed by atoms with E-state index in [0.717, 1.165) is 5.56 Å². The zero-order valence-corrected chi connectivity index (χ0v) is 10.5. The van der Waals surface area contributed by atoms with E-state index in [4.69, 9.17) is 17.3 Å². The van der Waals surface area contributed by atoms with Crippen molar-refractivity contribution in [1.82, 2.24) is 0 Å². The van der Waals surface area contributed by atoms with Gasteiger partial charge in [0.2, 0.25) is 11.8 Å². The number of carbonyl (C=O) groups excluding carboxylic acids is 2. The molecule has 0 aliphatic carbocycles. The minimum absolute atomic E-state index is 0.144. The molecule has 5 heteroatoms. The lowest BCUT2D eigenvalue weighted by atomic mass is 10.1. The van der Waals surface area contributed by atoms with Crippen molar-refractivity contribution in [3.05, 3.63) is 29.3 Å². The third kappa shape index (κ3) is 3.46. The third-order valence-electron chi connectivity index (χ3n) is 2.45. The molecule has 0 bridgehead atoms. The maximum atomic E-state index is 11.6. The Morgan fingerprint density at radius 1 is 1.47 bits per heavy atom. The van der Waals surface area contributed by atoms with E-state index in [0.29, 0.717) is 11.3 Å². The van der Waals surface area contributed by atoms with Gasteiger partial charge in [-0.3, -0.25) is 9.59 Å². The summed E-state index contributed by atoms with van der Waals surface area (Å²) in [6.45, 7) is 3.54. The number of alkyl halides is 1. The molecule has 1 aromatic carbocycles. The molecule has 0 aromatic heterocycles. The van der Waals surface area contributed by atoms with Crippen molar-refractivity contribution in [2.24, 2.45) is 11.7 Å². The van der Waals surface area contributed by atoms with Crippen molar-refractivity contribution in [2.75, 3.05) is 11.2 Å². The quantitative estimate of drug-likeness (QED) is 0.806. The highest BCUT2D eigenvalue weighted by Crippen LogP contribution is 2.17. The van der Waals surface area contributed by atoms with E-state index in [1.54, 1.807) is 32.0 Å². The lowest BCUT2D eigenvalue weighted by Crippen LogP contribution is -2.22. The van der Waals surface area contributed by atoms with Crippen molar-refractivity contribution in [3.63, 3.8) is 0 Å². The van der Waals surface area contributed by atoms with Crippen LogP contribution >= 0.6 is 11.6 Å². The Hall–Kier alpha value is -1.55. The number of primary amides is 1. The summed E-state index contributed by atoms with van der Waals surface area (Å²) in [4.78, 5) is 22.6. The summed E-state index contributed by atoms with van der Waals surface area (Å²) in [6, 6.07) is 4.88. The van der Waals surface area contributed by atoms with Crippen LogP contribution in [0, 0.1) is 12.8 Å². The van der Waals surface area contributed by atoms with Gasteiger partial charge in [0, 0.05) is 23.0 Å². The van der Waals surface area contributed by atoms with Crippen molar-refractivity contribution in [2.45, 2.75) is 13.8 Å². The zero-order chi connectivity index (χ0) is 13.0. The van der Waals surface area contributed by atoms with E-state index in [1.807, 2.05) is 0 Å². The number of carbonyl (C=O) groups is 2. The molecule has 1 atom stereocenters. The van der Waals surface area contributed by atoms with Crippen LogP contribution < -0.4 is 11.1 Å². The molecular formula is C12H15ClN2O2. The predicted octanol–water partition coefficient (Wildman–Crippen LogP) is 1.91. The average molecular weight is 255 g/mol. The Morgan fingerprint density at radius 3 is 2.59 bits per heavy atom. The molecule has 0 heterocycles. The summed E-state index contributed by atoms with van der Waals surface area (Å²) in [6.07, 6.45) is 0. The monoisotopic (exact) mass is 254 g/mol. The molecule has 0 spiro atoms. The van der Waals surface area contributed by atoms with Gasteiger partial charge in [-0.1, -0.05) is 6.92 Å². The fraction of sp³-hybridized carbons (Fsp3) is 0.333. The molecule has 17 heavy (non-hydrogen) atoms. The van der Waals surface area contributed by atoms with E-state index in [1.165, 1.54) is 0 Å². The highest BCUT2D eigenvalue weighted by atomic mass is 35.5. The molecule has 0 radical (unpaired) electrons. The average Bonchev–Trinajstić information content (AvgIpc) is 2.30. The largest absolute Gasteiger partial charge is 0.366 e. The summed E-state index contributed by atoms with van der Waals surface area (Å²) in [7, 11) is 0. The van der Waals surface area contributed by atoms with Gasteiger partial charge in [-0.15, -0.1) is 11.6 Å². The van der Waals surface area contributed by atoms with Gasteiger partial charge in [-0.25, -0.2) is 0 Å². The highest BCUT2D eigenvalue weighted by Gasteiger charge is 2.13. The van der Waals surface area contributed by atoms with E-state index in [-0.39, 0.29) is 17.7 Å². The van der Waals surface area contributed by atoms with Gasteiger partial charge >= 0.3 is 0 Å². The minimum Gasteiger partial charge on any atom is -0.366 e. The summed E-state index contributed by atoms with van der Waals surface area (Å²) in [5.41, 5.74) is 7.03. The number of anilines is 1. The van der Waals surface area contributed by atoms with Gasteiger partial charge in [0.05, 0.1) is 0 Å². The van der Waals surface area contributed by atoms with E-state index < -0.39 is 5.91 Å². The van der Waals surface area contributed by atoms with Crippen LogP contribution in [0.15, 0.2) is 18.2 Å². The molecule has 0 aliphatic rings. The smallest absolute Gasteiger partial charge is 0.248 e. The van der Waals surface area contributed by atoms with Crippen LogP contribution in [-0.2, 0) is 4.79 Å². The van der Waals surface area contributed by atoms with Crippen LogP contribution in [-0.4, -0.2) is 17.7 Å². The highest BCUT2D eigenvalue weighted by molar-refractivity contribution is 6.19. The number of rotatable bonds is 4. The van der Waals surface area contributed by atoms with E-state index >= 15 is 0 Å². The first-order valence-corrected chi connectivity index (χ1v) is 5.76. The normalized spacial score (nSPS) is 11.9. The van der Waals surface area contributed by atoms with Crippen LogP contribution in [0.3, 0.4) is 0 Å². The molecule has 92 valence electrons. The minimum atomic E-state index is -0.486. The number of benzene rings is 1. The van der Waals surface area contributed by atoms with Gasteiger partial charge in [0.15, 0.2) is 0 Å². The van der Waals surface area contributed by atoms with Crippen molar-refractivity contribution < 1.29 is 9.59 Å². The Morgan fingerprint density at radius 2 is 2.12 bits per heavy atom. The third-order valence-corrected chi connectivity index (χ3v) is 2.91. The van der Waals surface area contributed by atoms with Crippen LogP contribution in [0.4, 0.5) is 5.69 Å². The predicted molar refractivity (Wildman–Crippen MR) is 68.2 cm³/mol. The van der Waals surface area contributed by atoms with Crippen molar-refractivity contribution >= 4 is 29.1 Å². The number of hydrogen-bond donors (Lipinski definition) is 2. The second-order valence-corrected chi connectivity index (χ2v) is 4.25. The molecule has 0 saturated carbocycles. The van der Waals surface area contributed by atoms with Crippen molar-refractivity contribution in [3.8, 4) is 0 Å². The number of nitrogens with two attached hydrogens (primary N) is 1. The molecule has 0 fully saturated rings. The maximum absolute atomic E-state index is 11.6. The fourth-order valence-corrected chi connectivity index (χ4v) is 1.42.